The monoisotopic (exact) mass is 528 g/mol. The third-order valence-electron chi connectivity index (χ3n) is 5.58. The molecule has 4 aromatic rings. The molecule has 0 bridgehead atoms. The number of halogens is 1. The SMILES string of the molecule is CN(C)S(=O)(=O)c1ccc2nnn(OCC(=O)N3NC(c4ccc(Cl)cc4)=C[C@H]3c3ccco3)c2c1. The Hall–Kier alpha value is -3.87. The zero-order chi connectivity index (χ0) is 25.4. The molecular formula is C23H21ClN6O5S. The molecule has 1 aliphatic heterocycles. The first-order valence-corrected chi connectivity index (χ1v) is 12.6. The number of hydrogen-bond acceptors (Lipinski definition) is 8. The van der Waals surface area contributed by atoms with Crippen molar-refractivity contribution in [3.8, 4) is 0 Å². The van der Waals surface area contributed by atoms with Gasteiger partial charge < -0.3 is 9.25 Å². The third kappa shape index (κ3) is 4.41. The summed E-state index contributed by atoms with van der Waals surface area (Å²) in [6.07, 6.45) is 3.40. The number of sulfonamides is 1. The van der Waals surface area contributed by atoms with E-state index in [2.05, 4.69) is 15.7 Å². The summed E-state index contributed by atoms with van der Waals surface area (Å²) in [5.74, 6) is 0.141. The number of nitrogens with one attached hydrogen (secondary N) is 1. The van der Waals surface area contributed by atoms with Gasteiger partial charge in [-0.05, 0) is 59.3 Å². The van der Waals surface area contributed by atoms with Crippen LogP contribution in [0.4, 0.5) is 0 Å². The molecule has 1 N–H and O–H groups in total. The number of hydrazine groups is 1. The zero-order valence-corrected chi connectivity index (χ0v) is 20.8. The van der Waals surface area contributed by atoms with Crippen molar-refractivity contribution in [2.24, 2.45) is 0 Å². The van der Waals surface area contributed by atoms with Crippen molar-refractivity contribution in [3.63, 3.8) is 0 Å². The molecule has 1 amide bonds. The topological polar surface area (TPSA) is 123 Å². The molecule has 1 atom stereocenters. The van der Waals surface area contributed by atoms with Gasteiger partial charge in [0.2, 0.25) is 10.0 Å². The summed E-state index contributed by atoms with van der Waals surface area (Å²) < 4.78 is 31.7. The Morgan fingerprint density at radius 2 is 1.97 bits per heavy atom. The fourth-order valence-electron chi connectivity index (χ4n) is 3.68. The number of aromatic nitrogens is 3. The van der Waals surface area contributed by atoms with Crippen LogP contribution in [0.1, 0.15) is 17.4 Å². The molecule has 0 aliphatic carbocycles. The number of fused-ring (bicyclic) bond motifs is 1. The van der Waals surface area contributed by atoms with Crippen molar-refractivity contribution in [1.29, 1.82) is 0 Å². The van der Waals surface area contributed by atoms with E-state index in [4.69, 9.17) is 20.9 Å². The van der Waals surface area contributed by atoms with E-state index in [1.165, 1.54) is 43.6 Å². The van der Waals surface area contributed by atoms with Gasteiger partial charge in [-0.25, -0.2) is 17.7 Å². The summed E-state index contributed by atoms with van der Waals surface area (Å²) >= 11 is 6.00. The summed E-state index contributed by atoms with van der Waals surface area (Å²) in [5.41, 5.74) is 5.37. The lowest BCUT2D eigenvalue weighted by Crippen LogP contribution is -2.43. The molecule has 0 radical (unpaired) electrons. The van der Waals surface area contributed by atoms with Crippen LogP contribution >= 0.6 is 11.6 Å². The molecule has 186 valence electrons. The van der Waals surface area contributed by atoms with Gasteiger partial charge >= 0.3 is 0 Å². The molecule has 2 aromatic heterocycles. The highest BCUT2D eigenvalue weighted by molar-refractivity contribution is 7.89. The number of nitrogens with zero attached hydrogens (tertiary/aromatic N) is 5. The Kier molecular flexibility index (Phi) is 6.16. The molecule has 2 aromatic carbocycles. The number of furan rings is 1. The molecule has 5 rings (SSSR count). The molecule has 0 saturated carbocycles. The van der Waals surface area contributed by atoms with Gasteiger partial charge in [-0.2, -0.15) is 0 Å². The molecule has 0 saturated heterocycles. The van der Waals surface area contributed by atoms with E-state index < -0.39 is 28.6 Å². The van der Waals surface area contributed by atoms with Crippen molar-refractivity contribution in [1.82, 2.24) is 29.9 Å². The Morgan fingerprint density at radius 1 is 1.19 bits per heavy atom. The van der Waals surface area contributed by atoms with Gasteiger partial charge in [0.15, 0.2) is 6.61 Å². The second kappa shape index (κ2) is 9.30. The molecule has 3 heterocycles. The van der Waals surface area contributed by atoms with Crippen LogP contribution in [0, 0.1) is 0 Å². The minimum absolute atomic E-state index is 0.0503. The van der Waals surface area contributed by atoms with Crippen LogP contribution in [-0.2, 0) is 14.8 Å². The van der Waals surface area contributed by atoms with Crippen LogP contribution in [0.5, 0.6) is 0 Å². The van der Waals surface area contributed by atoms with Crippen molar-refractivity contribution >= 4 is 44.3 Å². The maximum absolute atomic E-state index is 13.2. The third-order valence-corrected chi connectivity index (χ3v) is 7.64. The van der Waals surface area contributed by atoms with E-state index in [0.717, 1.165) is 14.7 Å². The maximum atomic E-state index is 13.2. The van der Waals surface area contributed by atoms with E-state index in [1.807, 2.05) is 18.2 Å². The predicted octanol–water partition coefficient (Wildman–Crippen LogP) is 2.49. The molecule has 13 heteroatoms. The summed E-state index contributed by atoms with van der Waals surface area (Å²) in [7, 11) is -0.798. The fraction of sp³-hybridized carbons (Fsp3) is 0.174. The van der Waals surface area contributed by atoms with E-state index in [9.17, 15) is 13.2 Å². The minimum atomic E-state index is -3.68. The highest BCUT2D eigenvalue weighted by atomic mass is 35.5. The first kappa shape index (κ1) is 23.9. The lowest BCUT2D eigenvalue weighted by Gasteiger charge is -2.23. The number of benzene rings is 2. The summed E-state index contributed by atoms with van der Waals surface area (Å²) in [5, 5.41) is 9.87. The molecule has 0 spiro atoms. The van der Waals surface area contributed by atoms with Crippen molar-refractivity contribution in [2.75, 3.05) is 20.7 Å². The van der Waals surface area contributed by atoms with Crippen molar-refractivity contribution in [2.45, 2.75) is 10.9 Å². The standard InChI is InChI=1S/C23H21ClN6O5S/c1-28(2)36(32,33)17-9-10-18-20(12-17)30(27-25-18)35-14-23(31)29-21(22-4-3-11-34-22)13-19(26-29)15-5-7-16(24)8-6-15/h3-13,21,26H,14H2,1-2H3/t21-/m0/s1. The Morgan fingerprint density at radius 3 is 2.67 bits per heavy atom. The van der Waals surface area contributed by atoms with E-state index in [1.54, 1.807) is 24.3 Å². The van der Waals surface area contributed by atoms with Gasteiger partial charge in [-0.3, -0.25) is 10.2 Å². The molecular weight excluding hydrogens is 508 g/mol. The van der Waals surface area contributed by atoms with Gasteiger partial charge in [0, 0.05) is 19.1 Å². The van der Waals surface area contributed by atoms with Gasteiger partial charge in [0.1, 0.15) is 22.8 Å². The van der Waals surface area contributed by atoms with Crippen LogP contribution < -0.4 is 10.3 Å². The summed E-state index contributed by atoms with van der Waals surface area (Å²) in [6, 6.07) is 14.5. The fourth-order valence-corrected chi connectivity index (χ4v) is 4.72. The molecule has 0 fully saturated rings. The van der Waals surface area contributed by atoms with Crippen LogP contribution in [0.25, 0.3) is 16.7 Å². The second-order valence-corrected chi connectivity index (χ2v) is 10.7. The quantitative estimate of drug-likeness (QED) is 0.388. The molecule has 1 aliphatic rings. The Labute approximate surface area is 211 Å². The van der Waals surface area contributed by atoms with Crippen LogP contribution in [0.2, 0.25) is 5.02 Å². The number of carbonyl (C=O) groups is 1. The molecule has 0 unspecified atom stereocenters. The highest BCUT2D eigenvalue weighted by Gasteiger charge is 2.33. The van der Waals surface area contributed by atoms with Gasteiger partial charge in [0.05, 0.1) is 16.9 Å². The summed E-state index contributed by atoms with van der Waals surface area (Å²) in [6.45, 7) is -0.408. The number of amides is 1. The predicted molar refractivity (Wildman–Crippen MR) is 131 cm³/mol. The second-order valence-electron chi connectivity index (χ2n) is 8.10. The number of hydrogen-bond donors (Lipinski definition) is 1. The van der Waals surface area contributed by atoms with E-state index in [-0.39, 0.29) is 4.90 Å². The smallest absolute Gasteiger partial charge is 0.282 e. The van der Waals surface area contributed by atoms with Crippen LogP contribution in [0.15, 0.2) is 76.2 Å². The average Bonchev–Trinajstić information content (AvgIpc) is 3.62. The summed E-state index contributed by atoms with van der Waals surface area (Å²) in [4.78, 5) is 19.9. The zero-order valence-electron chi connectivity index (χ0n) is 19.2. The van der Waals surface area contributed by atoms with Crippen molar-refractivity contribution < 1.29 is 22.5 Å². The van der Waals surface area contributed by atoms with Crippen LogP contribution in [-0.4, -0.2) is 59.5 Å². The molecule has 11 nitrogen and oxygen atoms in total. The van der Waals surface area contributed by atoms with Crippen LogP contribution in [0.3, 0.4) is 0 Å². The van der Waals surface area contributed by atoms with Crippen molar-refractivity contribution in [3.05, 3.63) is 83.3 Å². The minimum Gasteiger partial charge on any atom is -0.467 e. The van der Waals surface area contributed by atoms with Gasteiger partial charge in [-0.15, -0.1) is 5.10 Å². The lowest BCUT2D eigenvalue weighted by atomic mass is 10.1. The Bertz CT molecular complexity index is 1550. The maximum Gasteiger partial charge on any atom is 0.282 e. The molecule has 36 heavy (non-hydrogen) atoms. The average molecular weight is 529 g/mol. The lowest BCUT2D eigenvalue weighted by molar-refractivity contribution is -0.140. The number of rotatable bonds is 7. The first-order chi connectivity index (χ1) is 17.2. The highest BCUT2D eigenvalue weighted by Crippen LogP contribution is 2.32. The number of carbonyl (C=O) groups excluding carboxylic acids is 1. The van der Waals surface area contributed by atoms with Gasteiger partial charge in [0.25, 0.3) is 5.91 Å². The van der Waals surface area contributed by atoms with E-state index in [0.29, 0.717) is 27.5 Å². The first-order valence-electron chi connectivity index (χ1n) is 10.8. The van der Waals surface area contributed by atoms with Gasteiger partial charge in [-0.1, -0.05) is 28.6 Å². The largest absolute Gasteiger partial charge is 0.467 e. The Balaban J connectivity index is 1.37. The normalized spacial score (nSPS) is 15.8. The van der Waals surface area contributed by atoms with E-state index >= 15 is 0 Å².